The lowest BCUT2D eigenvalue weighted by atomic mass is 9.94. The summed E-state index contributed by atoms with van der Waals surface area (Å²) in [4.78, 5) is 2.38. The van der Waals surface area contributed by atoms with Crippen LogP contribution in [0.3, 0.4) is 0 Å². The lowest BCUT2D eigenvalue weighted by Crippen LogP contribution is -2.59. The van der Waals surface area contributed by atoms with Crippen molar-refractivity contribution >= 4 is 44.8 Å². The van der Waals surface area contributed by atoms with Crippen LogP contribution in [0.2, 0.25) is 10.0 Å². The third kappa shape index (κ3) is 2.63. The Morgan fingerprint density at radius 1 is 1.16 bits per heavy atom. The summed E-state index contributed by atoms with van der Waals surface area (Å²) in [6.45, 7) is 3.04. The fourth-order valence-corrected chi connectivity index (χ4v) is 4.20. The first-order chi connectivity index (χ1) is 9.11. The van der Waals surface area contributed by atoms with Crippen LogP contribution in [0.1, 0.15) is 25.7 Å². The van der Waals surface area contributed by atoms with Crippen molar-refractivity contribution < 1.29 is 0 Å². The number of nitrogens with zero attached hydrogens (tertiary/aromatic N) is 1. The Balaban J connectivity index is 1.88. The van der Waals surface area contributed by atoms with E-state index < -0.39 is 0 Å². The topological polar surface area (TPSA) is 15.3 Å². The zero-order valence-electron chi connectivity index (χ0n) is 10.7. The molecule has 0 radical (unpaired) electrons. The molecule has 0 amide bonds. The molecular weight excluding hydrogens is 347 g/mol. The standard InChI is InChI=1S/C14H17BrCl2N2/c15-10-3-4-11(13(17)12(10)16)19-8-7-18-14(9-19)5-1-2-6-14/h3-4,18H,1-2,5-9H2. The van der Waals surface area contributed by atoms with Crippen molar-refractivity contribution in [2.45, 2.75) is 31.2 Å². The summed E-state index contributed by atoms with van der Waals surface area (Å²) in [6, 6.07) is 4.04. The van der Waals surface area contributed by atoms with Crippen LogP contribution in [0.4, 0.5) is 5.69 Å². The summed E-state index contributed by atoms with van der Waals surface area (Å²) in [6.07, 6.45) is 5.20. The second-order valence-corrected chi connectivity index (χ2v) is 7.14. The van der Waals surface area contributed by atoms with E-state index in [1.165, 1.54) is 25.7 Å². The van der Waals surface area contributed by atoms with Crippen molar-refractivity contribution in [1.29, 1.82) is 0 Å². The van der Waals surface area contributed by atoms with E-state index in [9.17, 15) is 0 Å². The maximum Gasteiger partial charge on any atom is 0.0837 e. The van der Waals surface area contributed by atoms with Gasteiger partial charge >= 0.3 is 0 Å². The minimum absolute atomic E-state index is 0.293. The van der Waals surface area contributed by atoms with Gasteiger partial charge in [0, 0.05) is 29.6 Å². The van der Waals surface area contributed by atoms with Crippen molar-refractivity contribution in [3.05, 3.63) is 26.7 Å². The van der Waals surface area contributed by atoms with Gasteiger partial charge in [-0.2, -0.15) is 0 Å². The molecule has 1 N–H and O–H groups in total. The highest BCUT2D eigenvalue weighted by Gasteiger charge is 2.38. The van der Waals surface area contributed by atoms with E-state index in [-0.39, 0.29) is 0 Å². The predicted octanol–water partition coefficient (Wildman–Crippen LogP) is 4.48. The summed E-state index contributed by atoms with van der Waals surface area (Å²) >= 11 is 16.1. The summed E-state index contributed by atoms with van der Waals surface area (Å²) in [5, 5.41) is 4.98. The molecule has 1 aliphatic carbocycles. The van der Waals surface area contributed by atoms with E-state index in [0.717, 1.165) is 29.8 Å². The minimum Gasteiger partial charge on any atom is -0.367 e. The highest BCUT2D eigenvalue weighted by atomic mass is 79.9. The van der Waals surface area contributed by atoms with Crippen LogP contribution < -0.4 is 10.2 Å². The quantitative estimate of drug-likeness (QED) is 0.740. The largest absolute Gasteiger partial charge is 0.367 e. The van der Waals surface area contributed by atoms with E-state index >= 15 is 0 Å². The zero-order chi connectivity index (χ0) is 13.5. The molecule has 2 fully saturated rings. The van der Waals surface area contributed by atoms with Crippen LogP contribution in [0, 0.1) is 0 Å². The molecule has 1 aromatic rings. The van der Waals surface area contributed by atoms with Crippen molar-refractivity contribution in [3.63, 3.8) is 0 Å². The maximum absolute atomic E-state index is 6.40. The van der Waals surface area contributed by atoms with Crippen LogP contribution in [0.5, 0.6) is 0 Å². The lowest BCUT2D eigenvalue weighted by molar-refractivity contribution is 0.304. The normalized spacial score (nSPS) is 22.2. The Morgan fingerprint density at radius 3 is 2.63 bits per heavy atom. The Hall–Kier alpha value is 0.0400. The minimum atomic E-state index is 0.293. The predicted molar refractivity (Wildman–Crippen MR) is 85.6 cm³/mol. The molecule has 1 aliphatic heterocycles. The summed E-state index contributed by atoms with van der Waals surface area (Å²) < 4.78 is 0.855. The first kappa shape index (κ1) is 14.0. The number of halogens is 3. The number of hydrogen-bond acceptors (Lipinski definition) is 2. The number of anilines is 1. The van der Waals surface area contributed by atoms with Crippen LogP contribution in [-0.2, 0) is 0 Å². The Labute approximate surface area is 132 Å². The van der Waals surface area contributed by atoms with Gasteiger partial charge in [0.25, 0.3) is 0 Å². The monoisotopic (exact) mass is 362 g/mol. The van der Waals surface area contributed by atoms with Crippen LogP contribution >= 0.6 is 39.1 Å². The summed E-state index contributed by atoms with van der Waals surface area (Å²) in [7, 11) is 0. The molecule has 1 spiro atoms. The molecular formula is C14H17BrCl2N2. The summed E-state index contributed by atoms with van der Waals surface area (Å²) in [5.74, 6) is 0. The van der Waals surface area contributed by atoms with Gasteiger partial charge in [0.15, 0.2) is 0 Å². The lowest BCUT2D eigenvalue weighted by Gasteiger charge is -2.43. The van der Waals surface area contributed by atoms with Crippen LogP contribution in [0.15, 0.2) is 16.6 Å². The first-order valence-electron chi connectivity index (χ1n) is 6.75. The first-order valence-corrected chi connectivity index (χ1v) is 8.30. The molecule has 5 heteroatoms. The van der Waals surface area contributed by atoms with Crippen LogP contribution in [0.25, 0.3) is 0 Å². The van der Waals surface area contributed by atoms with E-state index in [0.29, 0.717) is 15.6 Å². The van der Waals surface area contributed by atoms with Gasteiger partial charge in [0.2, 0.25) is 0 Å². The van der Waals surface area contributed by atoms with Crippen molar-refractivity contribution in [3.8, 4) is 0 Å². The number of benzene rings is 1. The Kier molecular flexibility index (Phi) is 4.01. The number of nitrogens with one attached hydrogen (secondary N) is 1. The average Bonchev–Trinajstić information content (AvgIpc) is 2.84. The highest BCUT2D eigenvalue weighted by Crippen LogP contribution is 2.40. The molecule has 3 rings (SSSR count). The molecule has 0 atom stereocenters. The van der Waals surface area contributed by atoms with E-state index in [1.54, 1.807) is 0 Å². The van der Waals surface area contributed by atoms with Gasteiger partial charge in [-0.1, -0.05) is 36.0 Å². The van der Waals surface area contributed by atoms with Gasteiger partial charge in [0.05, 0.1) is 15.7 Å². The Morgan fingerprint density at radius 2 is 1.89 bits per heavy atom. The number of hydrogen-bond donors (Lipinski definition) is 1. The van der Waals surface area contributed by atoms with E-state index in [1.807, 2.05) is 6.07 Å². The Bertz CT molecular complexity index is 487. The van der Waals surface area contributed by atoms with E-state index in [4.69, 9.17) is 23.2 Å². The van der Waals surface area contributed by atoms with Crippen LogP contribution in [-0.4, -0.2) is 25.2 Å². The summed E-state index contributed by atoms with van der Waals surface area (Å²) in [5.41, 5.74) is 1.35. The molecule has 0 unspecified atom stereocenters. The second kappa shape index (κ2) is 5.44. The maximum atomic E-state index is 6.40. The van der Waals surface area contributed by atoms with Gasteiger partial charge in [-0.15, -0.1) is 0 Å². The molecule has 2 aliphatic rings. The number of piperazine rings is 1. The van der Waals surface area contributed by atoms with E-state index in [2.05, 4.69) is 32.2 Å². The molecule has 19 heavy (non-hydrogen) atoms. The molecule has 1 aromatic carbocycles. The third-order valence-corrected chi connectivity index (χ3v) is 6.05. The highest BCUT2D eigenvalue weighted by molar-refractivity contribution is 9.10. The molecule has 0 bridgehead atoms. The van der Waals surface area contributed by atoms with Gasteiger partial charge in [-0.25, -0.2) is 0 Å². The molecule has 2 nitrogen and oxygen atoms in total. The molecule has 1 heterocycles. The van der Waals surface area contributed by atoms with Gasteiger partial charge in [-0.05, 0) is 40.9 Å². The van der Waals surface area contributed by atoms with Gasteiger partial charge < -0.3 is 10.2 Å². The average molecular weight is 364 g/mol. The van der Waals surface area contributed by atoms with Crippen molar-refractivity contribution in [2.75, 3.05) is 24.5 Å². The second-order valence-electron chi connectivity index (χ2n) is 5.53. The fraction of sp³-hybridized carbons (Fsp3) is 0.571. The van der Waals surface area contributed by atoms with Crippen molar-refractivity contribution in [2.24, 2.45) is 0 Å². The van der Waals surface area contributed by atoms with Gasteiger partial charge in [0.1, 0.15) is 0 Å². The third-order valence-electron chi connectivity index (χ3n) is 4.29. The molecule has 0 aromatic heterocycles. The molecule has 1 saturated heterocycles. The smallest absolute Gasteiger partial charge is 0.0837 e. The molecule has 104 valence electrons. The van der Waals surface area contributed by atoms with Crippen molar-refractivity contribution in [1.82, 2.24) is 5.32 Å². The zero-order valence-corrected chi connectivity index (χ0v) is 13.8. The van der Waals surface area contributed by atoms with Gasteiger partial charge in [-0.3, -0.25) is 0 Å². The number of rotatable bonds is 1. The fourth-order valence-electron chi connectivity index (χ4n) is 3.31. The SMILES string of the molecule is Clc1c(Br)ccc(N2CCNC3(CCCC3)C2)c1Cl. The molecule has 1 saturated carbocycles.